The first kappa shape index (κ1) is 9.38. The summed E-state index contributed by atoms with van der Waals surface area (Å²) in [6.07, 6.45) is 0. The van der Waals surface area contributed by atoms with Crippen LogP contribution in [0.25, 0.3) is 0 Å². The van der Waals surface area contributed by atoms with Crippen LogP contribution in [0.15, 0.2) is 17.2 Å². The van der Waals surface area contributed by atoms with Crippen LogP contribution in [-0.4, -0.2) is 11.7 Å². The zero-order valence-corrected chi connectivity index (χ0v) is 7.60. The molecule has 0 bridgehead atoms. The minimum absolute atomic E-state index is 0.0348. The van der Waals surface area contributed by atoms with E-state index >= 15 is 0 Å². The summed E-state index contributed by atoms with van der Waals surface area (Å²) in [6, 6.07) is 2.78. The Balaban J connectivity index is 2.51. The van der Waals surface area contributed by atoms with E-state index in [1.165, 1.54) is 12.1 Å². The molecule has 0 amide bonds. The SMILES string of the molecule is N=NCc1cc2c(cc1[N+](=O)[O-])OCO2. The van der Waals surface area contributed by atoms with Gasteiger partial charge in [0.05, 0.1) is 23.1 Å². The van der Waals surface area contributed by atoms with Gasteiger partial charge in [-0.25, -0.2) is 5.53 Å². The van der Waals surface area contributed by atoms with Gasteiger partial charge in [-0.3, -0.25) is 10.1 Å². The molecule has 1 aromatic rings. The predicted molar refractivity (Wildman–Crippen MR) is 48.1 cm³/mol. The third-order valence-electron chi connectivity index (χ3n) is 2.02. The summed E-state index contributed by atoms with van der Waals surface area (Å²) < 4.78 is 10.1. The molecule has 1 aliphatic heterocycles. The lowest BCUT2D eigenvalue weighted by Gasteiger charge is -2.01. The first-order valence-electron chi connectivity index (χ1n) is 4.12. The van der Waals surface area contributed by atoms with Gasteiger partial charge in [-0.1, -0.05) is 0 Å². The number of hydrogen-bond acceptors (Lipinski definition) is 6. The van der Waals surface area contributed by atoms with E-state index in [1.54, 1.807) is 0 Å². The van der Waals surface area contributed by atoms with Crippen molar-refractivity contribution in [3.63, 3.8) is 0 Å². The molecule has 7 nitrogen and oxygen atoms in total. The van der Waals surface area contributed by atoms with E-state index in [-0.39, 0.29) is 19.0 Å². The van der Waals surface area contributed by atoms with E-state index in [0.717, 1.165) is 0 Å². The van der Waals surface area contributed by atoms with Crippen molar-refractivity contribution in [2.45, 2.75) is 6.54 Å². The molecular formula is C8H7N3O4. The highest BCUT2D eigenvalue weighted by Crippen LogP contribution is 2.38. The quantitative estimate of drug-likeness (QED) is 0.466. The smallest absolute Gasteiger partial charge is 0.278 e. The second-order valence-corrected chi connectivity index (χ2v) is 2.91. The summed E-state index contributed by atoms with van der Waals surface area (Å²) in [7, 11) is 0. The zero-order valence-electron chi connectivity index (χ0n) is 7.60. The van der Waals surface area contributed by atoms with Crippen LogP contribution in [0.1, 0.15) is 5.56 Å². The lowest BCUT2D eigenvalue weighted by molar-refractivity contribution is -0.385. The summed E-state index contributed by atoms with van der Waals surface area (Å²) in [6.45, 7) is 0.0287. The highest BCUT2D eigenvalue weighted by molar-refractivity contribution is 5.55. The molecule has 0 saturated carbocycles. The summed E-state index contributed by atoms with van der Waals surface area (Å²) in [4.78, 5) is 10.2. The van der Waals surface area contributed by atoms with E-state index in [0.29, 0.717) is 17.1 Å². The molecule has 0 radical (unpaired) electrons. The first-order valence-corrected chi connectivity index (χ1v) is 4.12. The average Bonchev–Trinajstić information content (AvgIpc) is 2.63. The number of hydrogen-bond donors (Lipinski definition) is 1. The molecule has 78 valence electrons. The fourth-order valence-corrected chi connectivity index (χ4v) is 1.36. The Morgan fingerprint density at radius 3 is 2.73 bits per heavy atom. The summed E-state index contributed by atoms with van der Waals surface area (Å²) in [5.74, 6) is 0.815. The van der Waals surface area contributed by atoms with Crippen molar-refractivity contribution in [3.05, 3.63) is 27.8 Å². The maximum atomic E-state index is 10.7. The molecule has 1 aromatic carbocycles. The Morgan fingerprint density at radius 1 is 1.47 bits per heavy atom. The molecule has 7 heteroatoms. The maximum Gasteiger partial charge on any atom is 0.278 e. The van der Waals surface area contributed by atoms with Crippen LogP contribution in [0.4, 0.5) is 5.69 Å². The molecule has 1 heterocycles. The second kappa shape index (κ2) is 3.52. The summed E-state index contributed by atoms with van der Waals surface area (Å²) in [5, 5.41) is 13.8. The van der Waals surface area contributed by atoms with Gasteiger partial charge < -0.3 is 9.47 Å². The van der Waals surface area contributed by atoms with Crippen LogP contribution in [0.5, 0.6) is 11.5 Å². The van der Waals surface area contributed by atoms with Crippen molar-refractivity contribution >= 4 is 5.69 Å². The minimum atomic E-state index is -0.525. The van der Waals surface area contributed by atoms with Crippen LogP contribution < -0.4 is 9.47 Å². The monoisotopic (exact) mass is 209 g/mol. The number of ether oxygens (including phenoxy) is 2. The van der Waals surface area contributed by atoms with Gasteiger partial charge in [0.25, 0.3) is 5.69 Å². The normalized spacial score (nSPS) is 12.5. The molecule has 0 atom stereocenters. The molecule has 0 unspecified atom stereocenters. The molecule has 1 N–H and O–H groups in total. The van der Waals surface area contributed by atoms with Gasteiger partial charge in [-0.2, -0.15) is 5.11 Å². The minimum Gasteiger partial charge on any atom is -0.454 e. The van der Waals surface area contributed by atoms with Gasteiger partial charge >= 0.3 is 0 Å². The van der Waals surface area contributed by atoms with Crippen LogP contribution >= 0.6 is 0 Å². The third kappa shape index (κ3) is 1.58. The topological polar surface area (TPSA) is 97.8 Å². The molecule has 15 heavy (non-hydrogen) atoms. The Kier molecular flexibility index (Phi) is 2.20. The fourth-order valence-electron chi connectivity index (χ4n) is 1.36. The van der Waals surface area contributed by atoms with Crippen molar-refractivity contribution in [1.29, 1.82) is 5.53 Å². The van der Waals surface area contributed by atoms with E-state index in [2.05, 4.69) is 5.11 Å². The third-order valence-corrected chi connectivity index (χ3v) is 2.02. The summed E-state index contributed by atoms with van der Waals surface area (Å²) >= 11 is 0. The Labute approximate surface area is 84.3 Å². The highest BCUT2D eigenvalue weighted by Gasteiger charge is 2.22. The molecule has 0 fully saturated rings. The molecular weight excluding hydrogens is 202 g/mol. The standard InChI is InChI=1S/C8H7N3O4/c9-10-3-5-1-7-8(15-4-14-7)2-6(5)11(12)13/h1-2,9H,3-4H2. The molecule has 0 spiro atoms. The van der Waals surface area contributed by atoms with Gasteiger partial charge in [0, 0.05) is 0 Å². The fraction of sp³-hybridized carbons (Fsp3) is 0.250. The Morgan fingerprint density at radius 2 is 2.13 bits per heavy atom. The lowest BCUT2D eigenvalue weighted by Crippen LogP contribution is -1.94. The zero-order chi connectivity index (χ0) is 10.8. The van der Waals surface area contributed by atoms with E-state index < -0.39 is 4.92 Å². The summed E-state index contributed by atoms with van der Waals surface area (Å²) in [5.41, 5.74) is 6.95. The second-order valence-electron chi connectivity index (χ2n) is 2.91. The number of nitrogens with one attached hydrogen (secondary N) is 1. The number of nitro benzene ring substituents is 1. The molecule has 2 rings (SSSR count). The van der Waals surface area contributed by atoms with E-state index in [4.69, 9.17) is 15.0 Å². The molecule has 0 aromatic heterocycles. The number of benzene rings is 1. The van der Waals surface area contributed by atoms with Crippen molar-refractivity contribution in [1.82, 2.24) is 0 Å². The first-order chi connectivity index (χ1) is 7.22. The molecule has 0 saturated heterocycles. The van der Waals surface area contributed by atoms with E-state index in [9.17, 15) is 10.1 Å². The van der Waals surface area contributed by atoms with Crippen molar-refractivity contribution < 1.29 is 14.4 Å². The van der Waals surface area contributed by atoms with Crippen molar-refractivity contribution in [2.24, 2.45) is 5.11 Å². The van der Waals surface area contributed by atoms with Gasteiger partial charge in [0.1, 0.15) is 0 Å². The highest BCUT2D eigenvalue weighted by atomic mass is 16.7. The van der Waals surface area contributed by atoms with E-state index in [1.807, 2.05) is 0 Å². The average molecular weight is 209 g/mol. The van der Waals surface area contributed by atoms with Gasteiger partial charge in [-0.15, -0.1) is 0 Å². The van der Waals surface area contributed by atoms with Crippen LogP contribution in [-0.2, 0) is 6.54 Å². The molecule has 1 aliphatic rings. The Bertz CT molecular complexity index is 432. The van der Waals surface area contributed by atoms with Crippen molar-refractivity contribution in [2.75, 3.05) is 6.79 Å². The van der Waals surface area contributed by atoms with Crippen LogP contribution in [0.3, 0.4) is 0 Å². The predicted octanol–water partition coefficient (Wildman–Crippen LogP) is 1.85. The van der Waals surface area contributed by atoms with Gasteiger partial charge in [0.2, 0.25) is 6.79 Å². The number of nitrogens with zero attached hydrogens (tertiary/aromatic N) is 2. The molecule has 0 aliphatic carbocycles. The number of rotatable bonds is 3. The van der Waals surface area contributed by atoms with Gasteiger partial charge in [0.15, 0.2) is 11.5 Å². The van der Waals surface area contributed by atoms with Crippen LogP contribution in [0, 0.1) is 15.6 Å². The Hall–Kier alpha value is -2.18. The van der Waals surface area contributed by atoms with Crippen molar-refractivity contribution in [3.8, 4) is 11.5 Å². The maximum absolute atomic E-state index is 10.7. The van der Waals surface area contributed by atoms with Crippen LogP contribution in [0.2, 0.25) is 0 Å². The number of fused-ring (bicyclic) bond motifs is 1. The lowest BCUT2D eigenvalue weighted by atomic mass is 10.1. The number of nitro groups is 1. The largest absolute Gasteiger partial charge is 0.454 e. The van der Waals surface area contributed by atoms with Gasteiger partial charge in [-0.05, 0) is 6.07 Å².